The van der Waals surface area contributed by atoms with E-state index in [0.29, 0.717) is 42.6 Å². The first-order valence-corrected chi connectivity index (χ1v) is 13.0. The molecule has 1 aromatic heterocycles. The third-order valence-corrected chi connectivity index (χ3v) is 6.16. The average Bonchev–Trinajstić information content (AvgIpc) is 3.34. The normalized spacial score (nSPS) is 10.7. The molecule has 1 heterocycles. The quantitative estimate of drug-likeness (QED) is 0.213. The minimum absolute atomic E-state index is 0.0447. The summed E-state index contributed by atoms with van der Waals surface area (Å²) in [5.74, 6) is 2.15. The van der Waals surface area contributed by atoms with Gasteiger partial charge in [0.25, 0.3) is 0 Å². The number of oxazole rings is 1. The summed E-state index contributed by atoms with van der Waals surface area (Å²) in [6, 6.07) is 23.8. The number of amides is 1. The summed E-state index contributed by atoms with van der Waals surface area (Å²) in [6.07, 6.45) is 0.297. The van der Waals surface area contributed by atoms with Crippen LogP contribution in [0.3, 0.4) is 0 Å². The van der Waals surface area contributed by atoms with Crippen LogP contribution in [0.1, 0.15) is 29.9 Å². The predicted molar refractivity (Wildman–Crippen MR) is 149 cm³/mol. The van der Waals surface area contributed by atoms with E-state index in [-0.39, 0.29) is 19.5 Å². The van der Waals surface area contributed by atoms with Gasteiger partial charge >= 0.3 is 12.1 Å². The second-order valence-corrected chi connectivity index (χ2v) is 9.09. The Bertz CT molecular complexity index is 1380. The number of hydrogen-bond acceptors (Lipinski definition) is 7. The maximum absolute atomic E-state index is 12.9. The molecule has 4 rings (SSSR count). The molecule has 0 saturated carbocycles. The Morgan fingerprint density at radius 3 is 2.27 bits per heavy atom. The molecule has 0 bridgehead atoms. The molecule has 0 aliphatic carbocycles. The molecule has 0 spiro atoms. The van der Waals surface area contributed by atoms with Gasteiger partial charge in [-0.15, -0.1) is 0 Å². The number of carboxylic acid groups (broad SMARTS) is 1. The summed E-state index contributed by atoms with van der Waals surface area (Å²) < 4.78 is 22.4. The molecule has 3 aromatic carbocycles. The smallest absolute Gasteiger partial charge is 0.415 e. The van der Waals surface area contributed by atoms with Gasteiger partial charge in [0.05, 0.1) is 19.4 Å². The summed E-state index contributed by atoms with van der Waals surface area (Å²) >= 11 is 0. The summed E-state index contributed by atoms with van der Waals surface area (Å²) in [5, 5.41) is 9.01. The lowest BCUT2D eigenvalue weighted by molar-refractivity contribution is -0.137. The first-order chi connectivity index (χ1) is 19.4. The van der Waals surface area contributed by atoms with E-state index in [4.69, 9.17) is 23.7 Å². The molecule has 1 N–H and O–H groups in total. The largest absolute Gasteiger partial charge is 0.497 e. The Balaban J connectivity index is 1.32. The number of carboxylic acids is 1. The summed E-state index contributed by atoms with van der Waals surface area (Å²) in [6.45, 7) is 2.82. The maximum atomic E-state index is 12.9. The number of aryl methyl sites for hydroxylation is 1. The zero-order chi connectivity index (χ0) is 28.3. The molecule has 40 heavy (non-hydrogen) atoms. The standard InChI is InChI=1S/C31H32N2O7/c1-22-28(32-30(39-22)24-7-4-3-5-8-24)18-20-38-26-12-10-23(11-13-26)21-33(19-6-9-29(34)35)31(36)40-27-16-14-25(37-2)15-17-27/h3-5,7-8,10-17H,6,9,18-21H2,1-2H3,(H,34,35). The fourth-order valence-electron chi connectivity index (χ4n) is 4.01. The molecule has 0 unspecified atom stereocenters. The molecule has 9 heteroatoms. The van der Waals surface area contributed by atoms with Crippen molar-refractivity contribution in [1.29, 1.82) is 0 Å². The molecule has 0 atom stereocenters. The van der Waals surface area contributed by atoms with E-state index in [1.54, 1.807) is 31.4 Å². The van der Waals surface area contributed by atoms with Gasteiger partial charge < -0.3 is 28.6 Å². The second kappa shape index (κ2) is 13.8. The van der Waals surface area contributed by atoms with Gasteiger partial charge in [-0.25, -0.2) is 9.78 Å². The summed E-state index contributed by atoms with van der Waals surface area (Å²) in [4.78, 5) is 30.0. The Labute approximate surface area is 232 Å². The predicted octanol–water partition coefficient (Wildman–Crippen LogP) is 6.15. The lowest BCUT2D eigenvalue weighted by Crippen LogP contribution is -2.34. The Morgan fingerprint density at radius 2 is 1.60 bits per heavy atom. The van der Waals surface area contributed by atoms with Crippen molar-refractivity contribution in [2.24, 2.45) is 0 Å². The molecule has 208 valence electrons. The fraction of sp³-hybridized carbons (Fsp3) is 0.258. The zero-order valence-corrected chi connectivity index (χ0v) is 22.5. The molecule has 0 aliphatic rings. The Hall–Kier alpha value is -4.79. The van der Waals surface area contributed by atoms with Gasteiger partial charge in [0.2, 0.25) is 5.89 Å². The Morgan fingerprint density at radius 1 is 0.925 bits per heavy atom. The van der Waals surface area contributed by atoms with Crippen molar-refractivity contribution in [2.45, 2.75) is 32.7 Å². The van der Waals surface area contributed by atoms with E-state index >= 15 is 0 Å². The number of carbonyl (C=O) groups excluding carboxylic acids is 1. The van der Waals surface area contributed by atoms with Gasteiger partial charge in [-0.2, -0.15) is 0 Å². The first-order valence-electron chi connectivity index (χ1n) is 13.0. The van der Waals surface area contributed by atoms with Gasteiger partial charge in [-0.05, 0) is 67.4 Å². The minimum Gasteiger partial charge on any atom is -0.497 e. The number of aromatic nitrogens is 1. The Kier molecular flexibility index (Phi) is 9.77. The van der Waals surface area contributed by atoms with Crippen LogP contribution in [0.5, 0.6) is 17.2 Å². The van der Waals surface area contributed by atoms with Crippen LogP contribution in [0.25, 0.3) is 11.5 Å². The van der Waals surface area contributed by atoms with E-state index in [1.165, 1.54) is 4.90 Å². The highest BCUT2D eigenvalue weighted by Crippen LogP contribution is 2.23. The minimum atomic E-state index is -0.915. The third-order valence-electron chi connectivity index (χ3n) is 6.16. The van der Waals surface area contributed by atoms with Crippen molar-refractivity contribution >= 4 is 12.1 Å². The number of methoxy groups -OCH3 is 1. The van der Waals surface area contributed by atoms with Crippen molar-refractivity contribution < 1.29 is 33.3 Å². The molecular weight excluding hydrogens is 512 g/mol. The molecule has 0 fully saturated rings. The van der Waals surface area contributed by atoms with Crippen molar-refractivity contribution in [2.75, 3.05) is 20.3 Å². The van der Waals surface area contributed by atoms with Gasteiger partial charge in [-0.1, -0.05) is 30.3 Å². The van der Waals surface area contributed by atoms with Crippen molar-refractivity contribution in [3.8, 4) is 28.7 Å². The van der Waals surface area contributed by atoms with Crippen molar-refractivity contribution in [1.82, 2.24) is 9.88 Å². The van der Waals surface area contributed by atoms with E-state index in [1.807, 2.05) is 61.5 Å². The number of aliphatic carboxylic acids is 1. The van der Waals surface area contributed by atoms with Gasteiger partial charge in [0, 0.05) is 31.5 Å². The maximum Gasteiger partial charge on any atom is 0.415 e. The van der Waals surface area contributed by atoms with E-state index in [0.717, 1.165) is 22.6 Å². The van der Waals surface area contributed by atoms with Gasteiger partial charge in [0.1, 0.15) is 23.0 Å². The summed E-state index contributed by atoms with van der Waals surface area (Å²) in [7, 11) is 1.56. The molecule has 0 radical (unpaired) electrons. The SMILES string of the molecule is COc1ccc(OC(=O)N(CCCC(=O)O)Cc2ccc(OCCc3nc(-c4ccccc4)oc3C)cc2)cc1. The van der Waals surface area contributed by atoms with Crippen molar-refractivity contribution in [3.63, 3.8) is 0 Å². The lowest BCUT2D eigenvalue weighted by atomic mass is 10.2. The number of ether oxygens (including phenoxy) is 3. The molecular formula is C31H32N2O7. The molecule has 1 amide bonds. The van der Waals surface area contributed by atoms with Crippen LogP contribution >= 0.6 is 0 Å². The monoisotopic (exact) mass is 544 g/mol. The lowest BCUT2D eigenvalue weighted by Gasteiger charge is -2.22. The van der Waals surface area contributed by atoms with Crippen LogP contribution in [0, 0.1) is 6.92 Å². The highest BCUT2D eigenvalue weighted by atomic mass is 16.6. The van der Waals surface area contributed by atoms with Crippen LogP contribution in [-0.2, 0) is 17.8 Å². The van der Waals surface area contributed by atoms with E-state index in [2.05, 4.69) is 4.98 Å². The van der Waals surface area contributed by atoms with Crippen LogP contribution in [0.15, 0.2) is 83.3 Å². The number of benzene rings is 3. The highest BCUT2D eigenvalue weighted by Gasteiger charge is 2.17. The molecule has 4 aromatic rings. The number of carbonyl (C=O) groups is 2. The fourth-order valence-corrected chi connectivity index (χ4v) is 4.01. The van der Waals surface area contributed by atoms with Crippen LogP contribution < -0.4 is 14.2 Å². The van der Waals surface area contributed by atoms with Crippen molar-refractivity contribution in [3.05, 3.63) is 95.9 Å². The van der Waals surface area contributed by atoms with Gasteiger partial charge in [-0.3, -0.25) is 4.79 Å². The summed E-state index contributed by atoms with van der Waals surface area (Å²) in [5.41, 5.74) is 2.63. The van der Waals surface area contributed by atoms with E-state index in [9.17, 15) is 9.59 Å². The van der Waals surface area contributed by atoms with Gasteiger partial charge in [0.15, 0.2) is 0 Å². The van der Waals surface area contributed by atoms with E-state index < -0.39 is 12.1 Å². The second-order valence-electron chi connectivity index (χ2n) is 9.09. The molecule has 0 aliphatic heterocycles. The number of rotatable bonds is 13. The first kappa shape index (κ1) is 28.2. The van der Waals surface area contributed by atoms with Crippen LogP contribution in [-0.4, -0.2) is 47.3 Å². The average molecular weight is 545 g/mol. The zero-order valence-electron chi connectivity index (χ0n) is 22.5. The number of hydrogen-bond donors (Lipinski definition) is 1. The third kappa shape index (κ3) is 8.10. The topological polar surface area (TPSA) is 111 Å². The van der Waals surface area contributed by atoms with Crippen LogP contribution in [0.4, 0.5) is 4.79 Å². The molecule has 0 saturated heterocycles. The highest BCUT2D eigenvalue weighted by molar-refractivity contribution is 5.71. The molecule has 9 nitrogen and oxygen atoms in total. The van der Waals surface area contributed by atoms with Crippen LogP contribution in [0.2, 0.25) is 0 Å². The number of nitrogens with zero attached hydrogens (tertiary/aromatic N) is 2.